The lowest BCUT2D eigenvalue weighted by atomic mass is 10.2. The van der Waals surface area contributed by atoms with Gasteiger partial charge in [0.15, 0.2) is 0 Å². The number of benzene rings is 1. The largest absolute Gasteiger partial charge is 0.353 e. The number of amides is 1. The van der Waals surface area contributed by atoms with Gasteiger partial charge in [0.1, 0.15) is 6.04 Å². The van der Waals surface area contributed by atoms with Crippen LogP contribution in [0.5, 0.6) is 0 Å². The molecular weight excluding hydrogens is 392 g/mol. The van der Waals surface area contributed by atoms with E-state index >= 15 is 0 Å². The highest BCUT2D eigenvalue weighted by Gasteiger charge is 2.31. The van der Waals surface area contributed by atoms with E-state index in [0.717, 1.165) is 12.0 Å². The summed E-state index contributed by atoms with van der Waals surface area (Å²) in [6, 6.07) is 5.71. The number of halogens is 1. The topological polar surface area (TPSA) is 66.5 Å². The van der Waals surface area contributed by atoms with Crippen molar-refractivity contribution in [3.63, 3.8) is 0 Å². The molecule has 5 nitrogen and oxygen atoms in total. The normalized spacial score (nSPS) is 16.4. The van der Waals surface area contributed by atoms with Crippen LogP contribution in [0.15, 0.2) is 24.3 Å². The zero-order valence-electron chi connectivity index (χ0n) is 15.3. The van der Waals surface area contributed by atoms with Crippen molar-refractivity contribution in [1.29, 1.82) is 0 Å². The van der Waals surface area contributed by atoms with Crippen molar-refractivity contribution in [2.45, 2.75) is 50.3 Å². The Bertz CT molecular complexity index is 689. The van der Waals surface area contributed by atoms with E-state index in [2.05, 4.69) is 5.32 Å². The maximum atomic E-state index is 12.6. The molecule has 0 aromatic heterocycles. The SMILES string of the molecule is CC[C@@H](C(=O)NCCSC1CCCC1)N(c1ccc(Cl)cc1)S(C)(=O)=O. The third-order valence-corrected chi connectivity index (χ3v) is 7.28. The molecule has 1 amide bonds. The summed E-state index contributed by atoms with van der Waals surface area (Å²) in [5.41, 5.74) is 0.444. The smallest absolute Gasteiger partial charge is 0.243 e. The molecule has 0 bridgehead atoms. The van der Waals surface area contributed by atoms with Crippen molar-refractivity contribution in [2.24, 2.45) is 0 Å². The van der Waals surface area contributed by atoms with Crippen LogP contribution in [-0.4, -0.2) is 44.2 Å². The summed E-state index contributed by atoms with van der Waals surface area (Å²) in [5.74, 6) is 0.590. The molecule has 2 rings (SSSR count). The standard InChI is InChI=1S/C18H27ClN2O3S2/c1-3-17(18(22)20-12-13-25-16-6-4-5-7-16)21(26(2,23)24)15-10-8-14(19)9-11-15/h8-11,16-17H,3-7,12-13H2,1-2H3,(H,20,22)/t17-/m0/s1. The Hall–Kier alpha value is -0.920. The van der Waals surface area contributed by atoms with E-state index in [1.807, 2.05) is 18.7 Å². The van der Waals surface area contributed by atoms with E-state index in [1.165, 1.54) is 30.0 Å². The second-order valence-corrected chi connectivity index (χ2v) is 10.2. The maximum Gasteiger partial charge on any atom is 0.243 e. The Labute approximate surface area is 165 Å². The fourth-order valence-corrected chi connectivity index (χ4v) is 5.78. The molecule has 1 aromatic carbocycles. The third-order valence-electron chi connectivity index (χ3n) is 4.47. The number of nitrogens with zero attached hydrogens (tertiary/aromatic N) is 1. The molecular formula is C18H27ClN2O3S2. The van der Waals surface area contributed by atoms with Gasteiger partial charge in [-0.15, -0.1) is 0 Å². The van der Waals surface area contributed by atoms with Crippen molar-refractivity contribution >= 4 is 45.0 Å². The predicted octanol–water partition coefficient (Wildman–Crippen LogP) is 3.68. The van der Waals surface area contributed by atoms with E-state index in [4.69, 9.17) is 11.6 Å². The van der Waals surface area contributed by atoms with Gasteiger partial charge in [0.05, 0.1) is 11.9 Å². The molecule has 26 heavy (non-hydrogen) atoms. The lowest BCUT2D eigenvalue weighted by Gasteiger charge is -2.30. The second kappa shape index (κ2) is 9.85. The molecule has 0 radical (unpaired) electrons. The van der Waals surface area contributed by atoms with Crippen LogP contribution in [0.4, 0.5) is 5.69 Å². The molecule has 1 aliphatic rings. The molecule has 1 aromatic rings. The van der Waals surface area contributed by atoms with Gasteiger partial charge >= 0.3 is 0 Å². The second-order valence-electron chi connectivity index (χ2n) is 6.53. The maximum absolute atomic E-state index is 12.6. The first-order chi connectivity index (χ1) is 12.3. The molecule has 0 aliphatic heterocycles. The first-order valence-corrected chi connectivity index (χ1v) is 12.2. The van der Waals surface area contributed by atoms with Crippen molar-refractivity contribution in [3.05, 3.63) is 29.3 Å². The van der Waals surface area contributed by atoms with Crippen molar-refractivity contribution in [3.8, 4) is 0 Å². The van der Waals surface area contributed by atoms with Gasteiger partial charge in [-0.2, -0.15) is 11.8 Å². The number of hydrogen-bond donors (Lipinski definition) is 1. The van der Waals surface area contributed by atoms with Crippen LogP contribution >= 0.6 is 23.4 Å². The number of sulfonamides is 1. The Kier molecular flexibility index (Phi) is 8.10. The first-order valence-electron chi connectivity index (χ1n) is 8.97. The van der Waals surface area contributed by atoms with Crippen LogP contribution in [0.3, 0.4) is 0 Å². The molecule has 1 N–H and O–H groups in total. The fourth-order valence-electron chi connectivity index (χ4n) is 3.22. The molecule has 1 fully saturated rings. The molecule has 0 unspecified atom stereocenters. The average Bonchev–Trinajstić information content (AvgIpc) is 3.10. The highest BCUT2D eigenvalue weighted by atomic mass is 35.5. The van der Waals surface area contributed by atoms with Gasteiger partial charge in [-0.05, 0) is 43.5 Å². The Morgan fingerprint density at radius 1 is 1.31 bits per heavy atom. The van der Waals surface area contributed by atoms with Gasteiger partial charge in [-0.25, -0.2) is 8.42 Å². The highest BCUT2D eigenvalue weighted by Crippen LogP contribution is 2.29. The van der Waals surface area contributed by atoms with Crippen molar-refractivity contribution < 1.29 is 13.2 Å². The number of thioether (sulfide) groups is 1. The van der Waals surface area contributed by atoms with Crippen LogP contribution < -0.4 is 9.62 Å². The zero-order chi connectivity index (χ0) is 19.2. The summed E-state index contributed by atoms with van der Waals surface area (Å²) < 4.78 is 25.9. The minimum atomic E-state index is -3.61. The Morgan fingerprint density at radius 3 is 2.46 bits per heavy atom. The first kappa shape index (κ1) is 21.4. The Morgan fingerprint density at radius 2 is 1.92 bits per heavy atom. The molecule has 1 aliphatic carbocycles. The fraction of sp³-hybridized carbons (Fsp3) is 0.611. The van der Waals surface area contributed by atoms with E-state index in [-0.39, 0.29) is 5.91 Å². The summed E-state index contributed by atoms with van der Waals surface area (Å²) in [5, 5.41) is 4.12. The number of carbonyl (C=O) groups excluding carboxylic acids is 1. The van der Waals surface area contributed by atoms with Gasteiger partial charge in [0, 0.05) is 22.6 Å². The van der Waals surface area contributed by atoms with E-state index < -0.39 is 16.1 Å². The van der Waals surface area contributed by atoms with Crippen LogP contribution in [-0.2, 0) is 14.8 Å². The van der Waals surface area contributed by atoms with Crippen LogP contribution in [0, 0.1) is 0 Å². The van der Waals surface area contributed by atoms with Crippen molar-refractivity contribution in [2.75, 3.05) is 22.9 Å². The molecule has 0 heterocycles. The molecule has 146 valence electrons. The summed E-state index contributed by atoms with van der Waals surface area (Å²) in [6.45, 7) is 2.36. The molecule has 0 spiro atoms. The average molecular weight is 419 g/mol. The monoisotopic (exact) mass is 418 g/mol. The lowest BCUT2D eigenvalue weighted by Crippen LogP contribution is -2.49. The summed E-state index contributed by atoms with van der Waals surface area (Å²) in [7, 11) is -3.61. The van der Waals surface area contributed by atoms with Gasteiger partial charge in [0.2, 0.25) is 15.9 Å². The number of anilines is 1. The highest BCUT2D eigenvalue weighted by molar-refractivity contribution is 7.99. The number of rotatable bonds is 9. The van der Waals surface area contributed by atoms with Crippen LogP contribution in [0.2, 0.25) is 5.02 Å². The van der Waals surface area contributed by atoms with Crippen molar-refractivity contribution in [1.82, 2.24) is 5.32 Å². The third kappa shape index (κ3) is 6.06. The lowest BCUT2D eigenvalue weighted by molar-refractivity contribution is -0.122. The van der Waals surface area contributed by atoms with E-state index in [0.29, 0.717) is 28.9 Å². The number of nitrogens with one attached hydrogen (secondary N) is 1. The zero-order valence-corrected chi connectivity index (χ0v) is 17.7. The quantitative estimate of drug-likeness (QED) is 0.621. The van der Waals surface area contributed by atoms with E-state index in [9.17, 15) is 13.2 Å². The minimum Gasteiger partial charge on any atom is -0.353 e. The van der Waals surface area contributed by atoms with Gasteiger partial charge < -0.3 is 5.32 Å². The predicted molar refractivity (Wildman–Crippen MR) is 111 cm³/mol. The summed E-state index contributed by atoms with van der Waals surface area (Å²) in [4.78, 5) is 12.6. The van der Waals surface area contributed by atoms with Crippen LogP contribution in [0.1, 0.15) is 39.0 Å². The van der Waals surface area contributed by atoms with E-state index in [1.54, 1.807) is 24.3 Å². The van der Waals surface area contributed by atoms with Crippen LogP contribution in [0.25, 0.3) is 0 Å². The molecule has 1 atom stereocenters. The molecule has 0 saturated heterocycles. The van der Waals surface area contributed by atoms with Gasteiger partial charge in [-0.3, -0.25) is 9.10 Å². The summed E-state index contributed by atoms with van der Waals surface area (Å²) >= 11 is 7.79. The summed E-state index contributed by atoms with van der Waals surface area (Å²) in [6.07, 6.45) is 6.62. The Balaban J connectivity index is 2.01. The van der Waals surface area contributed by atoms with Gasteiger partial charge in [0.25, 0.3) is 0 Å². The molecule has 8 heteroatoms. The molecule has 1 saturated carbocycles. The van der Waals surface area contributed by atoms with Gasteiger partial charge in [-0.1, -0.05) is 31.4 Å². The minimum absolute atomic E-state index is 0.264. The number of hydrogen-bond acceptors (Lipinski definition) is 4. The number of carbonyl (C=O) groups is 1.